The van der Waals surface area contributed by atoms with E-state index in [9.17, 15) is 4.79 Å². The number of aromatic nitrogens is 2. The molecule has 0 bridgehead atoms. The number of carbonyl (C=O) groups excluding carboxylic acids is 1. The summed E-state index contributed by atoms with van der Waals surface area (Å²) >= 11 is 0. The van der Waals surface area contributed by atoms with Crippen LogP contribution in [0.4, 0.5) is 11.6 Å². The third-order valence-electron chi connectivity index (χ3n) is 4.98. The molecule has 0 unspecified atom stereocenters. The van der Waals surface area contributed by atoms with E-state index in [4.69, 9.17) is 0 Å². The van der Waals surface area contributed by atoms with Gasteiger partial charge in [0.05, 0.1) is 0 Å². The Hall–Kier alpha value is -3.99. The average molecular weight is 409 g/mol. The highest BCUT2D eigenvalue weighted by atomic mass is 16.2. The molecule has 4 aromatic rings. The lowest BCUT2D eigenvalue weighted by Gasteiger charge is -2.18. The maximum absolute atomic E-state index is 12.8. The number of anilines is 2. The van der Waals surface area contributed by atoms with Crippen LogP contribution in [-0.2, 0) is 6.54 Å². The van der Waals surface area contributed by atoms with Gasteiger partial charge in [-0.2, -0.15) is 0 Å². The molecule has 0 aliphatic carbocycles. The SMILES string of the molecule is Cc1cccc(-c2cnc(Nc3cccc(C(=O)N(C)Cc4ccccc4)c3)nc2)c1. The van der Waals surface area contributed by atoms with E-state index in [0.717, 1.165) is 22.4 Å². The normalized spacial score (nSPS) is 10.5. The lowest BCUT2D eigenvalue weighted by Crippen LogP contribution is -2.26. The summed E-state index contributed by atoms with van der Waals surface area (Å²) in [5.41, 5.74) is 5.71. The molecule has 4 rings (SSSR count). The number of hydrogen-bond acceptors (Lipinski definition) is 4. The molecule has 0 spiro atoms. The zero-order valence-corrected chi connectivity index (χ0v) is 17.6. The molecule has 3 aromatic carbocycles. The van der Waals surface area contributed by atoms with Crippen LogP contribution in [0.5, 0.6) is 0 Å². The summed E-state index contributed by atoms with van der Waals surface area (Å²) in [4.78, 5) is 23.4. The van der Waals surface area contributed by atoms with Gasteiger partial charge < -0.3 is 10.2 Å². The second-order valence-corrected chi connectivity index (χ2v) is 7.52. The fourth-order valence-electron chi connectivity index (χ4n) is 3.37. The first-order valence-corrected chi connectivity index (χ1v) is 10.1. The van der Waals surface area contributed by atoms with E-state index in [1.54, 1.807) is 17.3 Å². The first kappa shape index (κ1) is 20.3. The molecule has 31 heavy (non-hydrogen) atoms. The molecule has 1 N–H and O–H groups in total. The van der Waals surface area contributed by atoms with Crippen molar-refractivity contribution in [3.8, 4) is 11.1 Å². The number of nitrogens with one attached hydrogen (secondary N) is 1. The summed E-state index contributed by atoms with van der Waals surface area (Å²) in [6, 6.07) is 25.6. The molecule has 0 fully saturated rings. The predicted molar refractivity (Wildman–Crippen MR) is 124 cm³/mol. The van der Waals surface area contributed by atoms with Crippen LogP contribution >= 0.6 is 0 Å². The van der Waals surface area contributed by atoms with E-state index >= 15 is 0 Å². The largest absolute Gasteiger partial charge is 0.337 e. The molecule has 0 atom stereocenters. The zero-order chi connectivity index (χ0) is 21.6. The quantitative estimate of drug-likeness (QED) is 0.460. The Morgan fingerprint density at radius 1 is 0.871 bits per heavy atom. The van der Waals surface area contributed by atoms with Crippen molar-refractivity contribution in [1.29, 1.82) is 0 Å². The van der Waals surface area contributed by atoms with Gasteiger partial charge in [-0.3, -0.25) is 4.79 Å². The van der Waals surface area contributed by atoms with Gasteiger partial charge in [0.2, 0.25) is 5.95 Å². The van der Waals surface area contributed by atoms with E-state index in [1.807, 2.05) is 73.8 Å². The van der Waals surface area contributed by atoms with Crippen LogP contribution in [0.25, 0.3) is 11.1 Å². The van der Waals surface area contributed by atoms with Crippen molar-refractivity contribution in [3.05, 3.63) is 108 Å². The van der Waals surface area contributed by atoms with E-state index in [2.05, 4.69) is 34.3 Å². The zero-order valence-electron chi connectivity index (χ0n) is 17.6. The van der Waals surface area contributed by atoms with Gasteiger partial charge in [-0.25, -0.2) is 9.97 Å². The molecule has 0 saturated carbocycles. The molecule has 5 heteroatoms. The molecule has 0 aliphatic heterocycles. The second kappa shape index (κ2) is 9.22. The Balaban J connectivity index is 1.45. The minimum atomic E-state index is -0.0387. The van der Waals surface area contributed by atoms with Crippen molar-refractivity contribution >= 4 is 17.5 Å². The van der Waals surface area contributed by atoms with Gasteiger partial charge >= 0.3 is 0 Å². The van der Waals surface area contributed by atoms with Crippen LogP contribution in [0, 0.1) is 6.92 Å². The maximum atomic E-state index is 12.8. The highest BCUT2D eigenvalue weighted by Gasteiger charge is 2.13. The number of rotatable bonds is 6. The van der Waals surface area contributed by atoms with Gasteiger partial charge in [0.25, 0.3) is 5.91 Å². The topological polar surface area (TPSA) is 58.1 Å². The summed E-state index contributed by atoms with van der Waals surface area (Å²) in [6.45, 7) is 2.62. The first-order chi connectivity index (χ1) is 15.1. The minimum Gasteiger partial charge on any atom is -0.337 e. The molecule has 0 saturated heterocycles. The molecule has 0 radical (unpaired) electrons. The van der Waals surface area contributed by atoms with Gasteiger partial charge in [0.15, 0.2) is 0 Å². The van der Waals surface area contributed by atoms with Gasteiger partial charge in [0, 0.05) is 42.8 Å². The molecule has 1 amide bonds. The van der Waals surface area contributed by atoms with Crippen molar-refractivity contribution in [2.75, 3.05) is 12.4 Å². The Labute approximate surface area is 182 Å². The van der Waals surface area contributed by atoms with E-state index in [0.29, 0.717) is 18.1 Å². The van der Waals surface area contributed by atoms with Crippen molar-refractivity contribution in [2.24, 2.45) is 0 Å². The highest BCUT2D eigenvalue weighted by molar-refractivity contribution is 5.95. The van der Waals surface area contributed by atoms with Gasteiger partial charge in [-0.05, 0) is 36.2 Å². The molecule has 154 valence electrons. The van der Waals surface area contributed by atoms with Crippen LogP contribution in [0.15, 0.2) is 91.3 Å². The Bertz CT molecular complexity index is 1170. The predicted octanol–water partition coefficient (Wildman–Crippen LogP) is 5.47. The minimum absolute atomic E-state index is 0.0387. The first-order valence-electron chi connectivity index (χ1n) is 10.1. The third-order valence-corrected chi connectivity index (χ3v) is 4.98. The van der Waals surface area contributed by atoms with Gasteiger partial charge in [0.1, 0.15) is 0 Å². The molecular formula is C26H24N4O. The number of hydrogen-bond donors (Lipinski definition) is 1. The molecular weight excluding hydrogens is 384 g/mol. The fourth-order valence-corrected chi connectivity index (χ4v) is 3.37. The summed E-state index contributed by atoms with van der Waals surface area (Å²) in [5.74, 6) is 0.446. The van der Waals surface area contributed by atoms with Gasteiger partial charge in [-0.1, -0.05) is 66.2 Å². The molecule has 1 aromatic heterocycles. The van der Waals surface area contributed by atoms with Crippen LogP contribution < -0.4 is 5.32 Å². The summed E-state index contributed by atoms with van der Waals surface area (Å²) in [6.07, 6.45) is 3.60. The van der Waals surface area contributed by atoms with Crippen LogP contribution in [0.3, 0.4) is 0 Å². The van der Waals surface area contributed by atoms with Crippen molar-refractivity contribution in [2.45, 2.75) is 13.5 Å². The summed E-state index contributed by atoms with van der Waals surface area (Å²) in [5, 5.41) is 3.18. The Morgan fingerprint density at radius 3 is 2.35 bits per heavy atom. The van der Waals surface area contributed by atoms with Crippen LogP contribution in [0.1, 0.15) is 21.5 Å². The standard InChI is InChI=1S/C26H24N4O/c1-19-8-6-11-21(14-19)23-16-27-26(28-17-23)29-24-13-7-12-22(15-24)25(31)30(2)18-20-9-4-3-5-10-20/h3-17H,18H2,1-2H3,(H,27,28,29). The van der Waals surface area contributed by atoms with Gasteiger partial charge in [-0.15, -0.1) is 0 Å². The van der Waals surface area contributed by atoms with Crippen molar-refractivity contribution in [3.63, 3.8) is 0 Å². The monoisotopic (exact) mass is 408 g/mol. The van der Waals surface area contributed by atoms with E-state index in [1.165, 1.54) is 5.56 Å². The van der Waals surface area contributed by atoms with E-state index < -0.39 is 0 Å². The lowest BCUT2D eigenvalue weighted by molar-refractivity contribution is 0.0785. The van der Waals surface area contributed by atoms with Crippen LogP contribution in [0.2, 0.25) is 0 Å². The smallest absolute Gasteiger partial charge is 0.253 e. The number of benzene rings is 3. The number of nitrogens with zero attached hydrogens (tertiary/aromatic N) is 3. The molecule has 1 heterocycles. The summed E-state index contributed by atoms with van der Waals surface area (Å²) < 4.78 is 0. The van der Waals surface area contributed by atoms with Crippen molar-refractivity contribution < 1.29 is 4.79 Å². The van der Waals surface area contributed by atoms with E-state index in [-0.39, 0.29) is 5.91 Å². The molecule has 5 nitrogen and oxygen atoms in total. The Morgan fingerprint density at radius 2 is 1.61 bits per heavy atom. The maximum Gasteiger partial charge on any atom is 0.253 e. The molecule has 0 aliphatic rings. The van der Waals surface area contributed by atoms with Crippen LogP contribution in [-0.4, -0.2) is 27.8 Å². The number of aryl methyl sites for hydroxylation is 1. The third kappa shape index (κ3) is 5.14. The average Bonchev–Trinajstić information content (AvgIpc) is 2.80. The lowest BCUT2D eigenvalue weighted by atomic mass is 10.1. The number of carbonyl (C=O) groups is 1. The van der Waals surface area contributed by atoms with Crippen molar-refractivity contribution in [1.82, 2.24) is 14.9 Å². The number of amides is 1. The highest BCUT2D eigenvalue weighted by Crippen LogP contribution is 2.21. The fraction of sp³-hybridized carbons (Fsp3) is 0.115. The Kier molecular flexibility index (Phi) is 6.03. The second-order valence-electron chi connectivity index (χ2n) is 7.52. The summed E-state index contributed by atoms with van der Waals surface area (Å²) in [7, 11) is 1.81.